The largest absolute Gasteiger partial charge is 0.463 e. The van der Waals surface area contributed by atoms with Crippen LogP contribution in [0.2, 0.25) is 0 Å². The fourth-order valence-electron chi connectivity index (χ4n) is 1.69. The van der Waals surface area contributed by atoms with Crippen molar-refractivity contribution in [2.24, 2.45) is 0 Å². The van der Waals surface area contributed by atoms with Gasteiger partial charge < -0.3 is 23.7 Å². The molecule has 0 amide bonds. The molecular formula is C12H18O8. The van der Waals surface area contributed by atoms with Crippen molar-refractivity contribution in [1.82, 2.24) is 0 Å². The lowest BCUT2D eigenvalue weighted by Crippen LogP contribution is -2.41. The number of carbonyl (C=O) groups excluding carboxylic acids is 3. The fraction of sp³-hybridized carbons (Fsp3) is 0.750. The Kier molecular flexibility index (Phi) is 2.65. The predicted molar refractivity (Wildman–Crippen MR) is 63.4 cm³/mol. The van der Waals surface area contributed by atoms with Crippen molar-refractivity contribution >= 4 is 17.9 Å². The first-order valence-electron chi connectivity index (χ1n) is 9.76. The monoisotopic (exact) mass is 299 g/mol. The zero-order chi connectivity index (χ0) is 22.8. The zero-order valence-corrected chi connectivity index (χ0v) is 10.3. The second kappa shape index (κ2) is 7.20. The first-order chi connectivity index (χ1) is 13.0. The Bertz CT molecular complexity index is 626. The molecule has 0 spiro atoms. The average molecular weight is 299 g/mol. The van der Waals surface area contributed by atoms with Crippen LogP contribution in [0.3, 0.4) is 0 Å². The fourth-order valence-corrected chi connectivity index (χ4v) is 1.69. The van der Waals surface area contributed by atoms with E-state index in [0.717, 1.165) is 7.11 Å². The molecule has 8 nitrogen and oxygen atoms in total. The number of ether oxygens (including phenoxy) is 5. The van der Waals surface area contributed by atoms with E-state index in [9.17, 15) is 14.4 Å². The first-order valence-corrected chi connectivity index (χ1v) is 5.26. The van der Waals surface area contributed by atoms with E-state index in [1.165, 1.54) is 0 Å². The van der Waals surface area contributed by atoms with Crippen LogP contribution in [-0.2, 0) is 38.1 Å². The molecule has 114 valence electrons. The van der Waals surface area contributed by atoms with Gasteiger partial charge in [0.15, 0.2) is 18.5 Å². The molecule has 8 heteroatoms. The van der Waals surface area contributed by atoms with E-state index in [2.05, 4.69) is 4.74 Å². The highest BCUT2D eigenvalue weighted by atomic mass is 16.7. The van der Waals surface area contributed by atoms with Crippen molar-refractivity contribution in [2.45, 2.75) is 45.2 Å². The summed E-state index contributed by atoms with van der Waals surface area (Å²) >= 11 is 0. The molecule has 1 rings (SSSR count). The molecule has 1 aliphatic heterocycles. The molecule has 20 heavy (non-hydrogen) atoms. The van der Waals surface area contributed by atoms with E-state index in [0.29, 0.717) is 0 Å². The number of rotatable bonds is 5. The Hall–Kier alpha value is -1.67. The molecule has 1 aliphatic rings. The standard InChI is InChI=1S/C12H18O8/c1-6(13)17-5-9-10(18-7(2)14)11(19-8(3)15)12(16-4)20-9/h9-12H,5H2,1-4H3/t9-,10-,11+,12?/m1/s1/i1D3,2D3,3D3. The molecule has 0 aliphatic carbocycles. The van der Waals surface area contributed by atoms with Gasteiger partial charge in [-0.1, -0.05) is 0 Å². The zero-order valence-electron chi connectivity index (χ0n) is 19.3. The van der Waals surface area contributed by atoms with Crippen LogP contribution in [0.5, 0.6) is 0 Å². The van der Waals surface area contributed by atoms with Gasteiger partial charge in [-0.3, -0.25) is 14.4 Å². The molecule has 1 saturated heterocycles. The highest BCUT2D eigenvalue weighted by molar-refractivity contribution is 5.67. The third kappa shape index (κ3) is 4.46. The predicted octanol–water partition coefficient (Wildman–Crippen LogP) is -0.216. The summed E-state index contributed by atoms with van der Waals surface area (Å²) in [5.74, 6) is -5.09. The van der Waals surface area contributed by atoms with Crippen molar-refractivity contribution in [3.63, 3.8) is 0 Å². The third-order valence-electron chi connectivity index (χ3n) is 2.36. The van der Waals surface area contributed by atoms with Gasteiger partial charge >= 0.3 is 17.9 Å². The highest BCUT2D eigenvalue weighted by Gasteiger charge is 2.49. The van der Waals surface area contributed by atoms with Gasteiger partial charge in [0.25, 0.3) is 0 Å². The smallest absolute Gasteiger partial charge is 0.303 e. The molecule has 0 aromatic rings. The summed E-state index contributed by atoms with van der Waals surface area (Å²) in [6, 6.07) is 0. The van der Waals surface area contributed by atoms with Crippen LogP contribution < -0.4 is 0 Å². The van der Waals surface area contributed by atoms with Gasteiger partial charge in [0.05, 0.1) is 0 Å². The Labute approximate surface area is 128 Å². The summed E-state index contributed by atoms with van der Waals surface area (Å²) in [5, 5.41) is 0. The van der Waals surface area contributed by atoms with Gasteiger partial charge in [0.2, 0.25) is 0 Å². The van der Waals surface area contributed by atoms with Gasteiger partial charge in [0.1, 0.15) is 12.7 Å². The van der Waals surface area contributed by atoms with Crippen molar-refractivity contribution in [3.8, 4) is 0 Å². The maximum atomic E-state index is 11.8. The minimum Gasteiger partial charge on any atom is -0.463 e. The minimum absolute atomic E-state index is 0.849. The van der Waals surface area contributed by atoms with Crippen LogP contribution in [0.15, 0.2) is 0 Å². The quantitative estimate of drug-likeness (QED) is 0.508. The van der Waals surface area contributed by atoms with Gasteiger partial charge in [-0.2, -0.15) is 0 Å². The molecule has 0 aromatic carbocycles. The molecule has 1 heterocycles. The number of hydrogen-bond donors (Lipinski definition) is 0. The van der Waals surface area contributed by atoms with Gasteiger partial charge in [-0.05, 0) is 0 Å². The molecule has 0 saturated carbocycles. The Morgan fingerprint density at radius 1 is 1.05 bits per heavy atom. The van der Waals surface area contributed by atoms with Crippen molar-refractivity contribution in [3.05, 3.63) is 0 Å². The van der Waals surface area contributed by atoms with Crippen molar-refractivity contribution < 1.29 is 50.4 Å². The van der Waals surface area contributed by atoms with Crippen LogP contribution in [0.1, 0.15) is 32.9 Å². The number of hydrogen-bond acceptors (Lipinski definition) is 8. The highest BCUT2D eigenvalue weighted by Crippen LogP contribution is 2.27. The summed E-state index contributed by atoms with van der Waals surface area (Å²) in [5.41, 5.74) is 0. The molecule has 4 atom stereocenters. The summed E-state index contributed by atoms with van der Waals surface area (Å²) in [6.07, 6.45) is -6.57. The Morgan fingerprint density at radius 2 is 1.65 bits per heavy atom. The Morgan fingerprint density at radius 3 is 2.20 bits per heavy atom. The molecule has 1 fully saturated rings. The Balaban J connectivity index is 3.10. The summed E-state index contributed by atoms with van der Waals surface area (Å²) in [4.78, 5) is 34.9. The third-order valence-corrected chi connectivity index (χ3v) is 2.36. The van der Waals surface area contributed by atoms with E-state index in [4.69, 9.17) is 31.3 Å². The van der Waals surface area contributed by atoms with Crippen LogP contribution in [0.4, 0.5) is 0 Å². The molecule has 0 N–H and O–H groups in total. The lowest BCUT2D eigenvalue weighted by atomic mass is 10.1. The maximum Gasteiger partial charge on any atom is 0.303 e. The van der Waals surface area contributed by atoms with E-state index < -0.39 is 69.7 Å². The van der Waals surface area contributed by atoms with E-state index in [1.54, 1.807) is 0 Å². The second-order valence-electron chi connectivity index (χ2n) is 3.62. The van der Waals surface area contributed by atoms with Crippen LogP contribution in [0.25, 0.3) is 0 Å². The van der Waals surface area contributed by atoms with Gasteiger partial charge in [-0.25, -0.2) is 0 Å². The van der Waals surface area contributed by atoms with E-state index in [-0.39, 0.29) is 0 Å². The lowest BCUT2D eigenvalue weighted by Gasteiger charge is -2.22. The van der Waals surface area contributed by atoms with Gasteiger partial charge in [0, 0.05) is 40.0 Å². The molecule has 0 aromatic heterocycles. The van der Waals surface area contributed by atoms with Gasteiger partial charge in [-0.15, -0.1) is 0 Å². The topological polar surface area (TPSA) is 97.4 Å². The van der Waals surface area contributed by atoms with Crippen LogP contribution in [-0.4, -0.2) is 56.2 Å². The first kappa shape index (κ1) is 7.37. The molecule has 0 bridgehead atoms. The number of methoxy groups -OCH3 is 1. The van der Waals surface area contributed by atoms with Crippen LogP contribution in [0, 0.1) is 0 Å². The minimum atomic E-state index is -3.23. The number of carbonyl (C=O) groups is 3. The molecular weight excluding hydrogens is 272 g/mol. The lowest BCUT2D eigenvalue weighted by molar-refractivity contribution is -0.181. The van der Waals surface area contributed by atoms with E-state index >= 15 is 0 Å². The van der Waals surface area contributed by atoms with Crippen LogP contribution >= 0.6 is 0 Å². The summed E-state index contributed by atoms with van der Waals surface area (Å²) < 4.78 is 87.2. The molecule has 0 radical (unpaired) electrons. The summed E-state index contributed by atoms with van der Waals surface area (Å²) in [6.45, 7) is -10.4. The SMILES string of the molecule is [2H]C([2H])([2H])C(=O)OC[C@H]1OC(OC)[C@@H](OC(=O)C([2H])([2H])[2H])[C@@H]1OC(=O)C([2H])([2H])[2H]. The maximum absolute atomic E-state index is 11.8. The van der Waals surface area contributed by atoms with Crippen molar-refractivity contribution in [1.29, 1.82) is 0 Å². The second-order valence-corrected chi connectivity index (χ2v) is 3.62. The molecule has 1 unspecified atom stereocenters. The average Bonchev–Trinajstić information content (AvgIpc) is 2.86. The number of esters is 3. The summed E-state index contributed by atoms with van der Waals surface area (Å²) in [7, 11) is 1.06. The van der Waals surface area contributed by atoms with E-state index in [1.807, 2.05) is 0 Å². The normalized spacial score (nSPS) is 37.4. The van der Waals surface area contributed by atoms with Crippen molar-refractivity contribution in [2.75, 3.05) is 13.7 Å².